The number of benzene rings is 2. The second kappa shape index (κ2) is 10.0. The van der Waals surface area contributed by atoms with Crippen molar-refractivity contribution < 1.29 is 33.7 Å². The predicted molar refractivity (Wildman–Crippen MR) is 132 cm³/mol. The Hall–Kier alpha value is -4.47. The number of pyridine rings is 1. The largest absolute Gasteiger partial charge is 0.636 e. The Bertz CT molecular complexity index is 1270. The minimum Gasteiger partial charge on any atom is -0.494 e. The first-order valence-corrected chi connectivity index (χ1v) is 11.4. The molecule has 2 aliphatic rings. The van der Waals surface area contributed by atoms with Crippen LogP contribution < -0.4 is 19.7 Å². The van der Waals surface area contributed by atoms with Crippen molar-refractivity contribution in [2.24, 2.45) is 0 Å². The van der Waals surface area contributed by atoms with Gasteiger partial charge in [0.1, 0.15) is 23.4 Å². The zero-order valence-electron chi connectivity index (χ0n) is 19.8. The molecule has 2 N–H and O–H groups in total. The highest BCUT2D eigenvalue weighted by Gasteiger charge is 2.31. The summed E-state index contributed by atoms with van der Waals surface area (Å²) < 4.78 is 28.4. The van der Waals surface area contributed by atoms with E-state index in [2.05, 4.69) is 11.1 Å². The lowest BCUT2D eigenvalue weighted by Crippen LogP contribution is -2.37. The quantitative estimate of drug-likeness (QED) is 0.491. The Kier molecular flexibility index (Phi) is 6.49. The topological polar surface area (TPSA) is 103 Å². The summed E-state index contributed by atoms with van der Waals surface area (Å²) in [5, 5.41) is 19.9. The molecule has 0 bridgehead atoms. The number of hydrogen-bond acceptors (Lipinski definition) is 9. The number of ether oxygens (including phenoxy) is 3. The molecule has 0 amide bonds. The predicted octanol–water partition coefficient (Wildman–Crippen LogP) is 4.34. The molecular weight excluding hydrogens is 463 g/mol. The lowest BCUT2D eigenvalue weighted by atomic mass is 9.79. The van der Waals surface area contributed by atoms with Crippen molar-refractivity contribution in [1.82, 2.24) is 9.88 Å². The van der Waals surface area contributed by atoms with E-state index in [9.17, 15) is 10.2 Å². The zero-order chi connectivity index (χ0) is 25.1. The van der Waals surface area contributed by atoms with Crippen molar-refractivity contribution in [3.63, 3.8) is 0 Å². The lowest BCUT2D eigenvalue weighted by Gasteiger charge is -2.20. The molecule has 5 rings (SSSR count). The lowest BCUT2D eigenvalue weighted by molar-refractivity contribution is 0.124. The van der Waals surface area contributed by atoms with Crippen molar-refractivity contribution in [3.05, 3.63) is 96.2 Å². The van der Waals surface area contributed by atoms with Gasteiger partial charge in [-0.3, -0.25) is 0 Å². The molecule has 1 atom stereocenters. The summed E-state index contributed by atoms with van der Waals surface area (Å²) in [4.78, 5) is 5.53. The highest BCUT2D eigenvalue weighted by Crippen LogP contribution is 2.41. The number of rotatable bonds is 6. The molecule has 0 spiro atoms. The summed E-state index contributed by atoms with van der Waals surface area (Å²) in [7, 11) is 2.18. The molecule has 10 heteroatoms. The van der Waals surface area contributed by atoms with Gasteiger partial charge in [0, 0.05) is 30.3 Å². The van der Waals surface area contributed by atoms with Crippen LogP contribution in [-0.2, 0) is 15.7 Å². The highest BCUT2D eigenvalue weighted by molar-refractivity contribution is 6.61. The minimum absolute atomic E-state index is 0.121. The van der Waals surface area contributed by atoms with Gasteiger partial charge < -0.3 is 38.6 Å². The summed E-state index contributed by atoms with van der Waals surface area (Å²) >= 11 is 0. The standard InChI is InChI=1S/C26H25BN2O7/c1-29-15-25(30)35-27(36-26(31)16-29)17-6-8-18(9-7-17)33-23-11-10-21-20(23)4-3-5-22(21)34-19-12-13-28-24(14-19)32-2/h3-9,12-16,23,30-31H,10-11H2,1-2H3/b25-15-,26-16-. The smallest absolute Gasteiger partial charge is 0.494 e. The Balaban J connectivity index is 1.29. The van der Waals surface area contributed by atoms with Gasteiger partial charge in [0.05, 0.1) is 19.5 Å². The molecule has 36 heavy (non-hydrogen) atoms. The van der Waals surface area contributed by atoms with Crippen molar-refractivity contribution >= 4 is 12.6 Å². The first-order valence-electron chi connectivity index (χ1n) is 11.4. The van der Waals surface area contributed by atoms with Crippen LogP contribution in [0.25, 0.3) is 0 Å². The third-order valence-corrected chi connectivity index (χ3v) is 5.83. The minimum atomic E-state index is -1.01. The van der Waals surface area contributed by atoms with Gasteiger partial charge in [0.2, 0.25) is 5.88 Å². The Morgan fingerprint density at radius 3 is 2.47 bits per heavy atom. The van der Waals surface area contributed by atoms with E-state index in [-0.39, 0.29) is 18.0 Å². The van der Waals surface area contributed by atoms with Crippen LogP contribution in [0.1, 0.15) is 23.7 Å². The summed E-state index contributed by atoms with van der Waals surface area (Å²) in [5.74, 6) is 1.93. The van der Waals surface area contributed by atoms with E-state index in [0.717, 1.165) is 29.7 Å². The number of hydrogen-bond donors (Lipinski definition) is 2. The normalized spacial score (nSPS) is 19.9. The number of aromatic nitrogens is 1. The molecule has 184 valence electrons. The van der Waals surface area contributed by atoms with Crippen molar-refractivity contribution in [2.45, 2.75) is 18.9 Å². The first kappa shape index (κ1) is 23.3. The second-order valence-electron chi connectivity index (χ2n) is 8.34. The molecule has 3 aromatic rings. The van der Waals surface area contributed by atoms with Crippen molar-refractivity contribution in [1.29, 1.82) is 0 Å². The van der Waals surface area contributed by atoms with E-state index in [1.807, 2.05) is 12.1 Å². The van der Waals surface area contributed by atoms with Crippen LogP contribution in [0.4, 0.5) is 0 Å². The van der Waals surface area contributed by atoms with Gasteiger partial charge in [-0.1, -0.05) is 24.3 Å². The maximum absolute atomic E-state index is 9.94. The fraction of sp³-hybridized carbons (Fsp3) is 0.192. The first-order chi connectivity index (χ1) is 17.5. The van der Waals surface area contributed by atoms with Gasteiger partial charge in [-0.25, -0.2) is 4.98 Å². The Labute approximate surface area is 208 Å². The second-order valence-corrected chi connectivity index (χ2v) is 8.34. The molecule has 1 unspecified atom stereocenters. The van der Waals surface area contributed by atoms with Crippen LogP contribution in [0.15, 0.2) is 85.1 Å². The van der Waals surface area contributed by atoms with Gasteiger partial charge in [-0.15, -0.1) is 0 Å². The summed E-state index contributed by atoms with van der Waals surface area (Å²) in [6.07, 6.45) is 5.81. The molecule has 1 aromatic heterocycles. The van der Waals surface area contributed by atoms with Gasteiger partial charge in [0.15, 0.2) is 0 Å². The Morgan fingerprint density at radius 1 is 1.00 bits per heavy atom. The average Bonchev–Trinajstić information content (AvgIpc) is 3.27. The van der Waals surface area contributed by atoms with Crippen molar-refractivity contribution in [2.75, 3.05) is 14.2 Å². The van der Waals surface area contributed by atoms with Crippen LogP contribution in [0.3, 0.4) is 0 Å². The van der Waals surface area contributed by atoms with Gasteiger partial charge in [-0.05, 0) is 42.7 Å². The maximum Gasteiger partial charge on any atom is 0.636 e. The number of aliphatic hydroxyl groups is 2. The van der Waals surface area contributed by atoms with Crippen LogP contribution in [0.5, 0.6) is 23.1 Å². The summed E-state index contributed by atoms with van der Waals surface area (Å²) in [6.45, 7) is 0. The fourth-order valence-corrected chi connectivity index (χ4v) is 4.19. The van der Waals surface area contributed by atoms with E-state index in [1.165, 1.54) is 17.3 Å². The van der Waals surface area contributed by atoms with Crippen LogP contribution in [-0.4, -0.2) is 41.4 Å². The molecule has 0 fully saturated rings. The van der Waals surface area contributed by atoms with E-state index < -0.39 is 7.12 Å². The molecule has 1 aliphatic carbocycles. The number of fused-ring (bicyclic) bond motifs is 1. The van der Waals surface area contributed by atoms with Crippen LogP contribution in [0, 0.1) is 0 Å². The summed E-state index contributed by atoms with van der Waals surface area (Å²) in [5.41, 5.74) is 2.79. The number of methoxy groups -OCH3 is 1. The monoisotopic (exact) mass is 488 g/mol. The molecule has 2 heterocycles. The molecular formula is C26H25BN2O7. The third kappa shape index (κ3) is 5.12. The zero-order valence-corrected chi connectivity index (χ0v) is 19.8. The average molecular weight is 488 g/mol. The molecule has 2 aromatic carbocycles. The third-order valence-electron chi connectivity index (χ3n) is 5.83. The molecule has 9 nitrogen and oxygen atoms in total. The Morgan fingerprint density at radius 2 is 1.75 bits per heavy atom. The van der Waals surface area contributed by atoms with Crippen molar-refractivity contribution in [3.8, 4) is 23.1 Å². The van der Waals surface area contributed by atoms with Crippen LogP contribution >= 0.6 is 0 Å². The van der Waals surface area contributed by atoms with E-state index in [4.69, 9.17) is 23.5 Å². The highest BCUT2D eigenvalue weighted by atomic mass is 16.7. The van der Waals surface area contributed by atoms with Gasteiger partial charge in [-0.2, -0.15) is 0 Å². The molecule has 0 saturated carbocycles. The SMILES string of the molecule is COc1cc(Oc2cccc3c2CCC3Oc2ccc(B3O/C(O)=C\N(C)/C=C(/O)O3)cc2)ccn1. The van der Waals surface area contributed by atoms with Crippen LogP contribution in [0.2, 0.25) is 0 Å². The summed E-state index contributed by atoms with van der Waals surface area (Å²) in [6, 6.07) is 16.6. The number of nitrogens with zero attached hydrogens (tertiary/aromatic N) is 2. The molecule has 0 saturated heterocycles. The number of aliphatic hydroxyl groups excluding tert-OH is 2. The van der Waals surface area contributed by atoms with E-state index in [0.29, 0.717) is 22.8 Å². The van der Waals surface area contributed by atoms with Gasteiger partial charge in [0.25, 0.3) is 11.9 Å². The van der Waals surface area contributed by atoms with E-state index >= 15 is 0 Å². The molecule has 0 radical (unpaired) electrons. The van der Waals surface area contributed by atoms with Gasteiger partial charge >= 0.3 is 7.12 Å². The maximum atomic E-state index is 9.94. The fourth-order valence-electron chi connectivity index (χ4n) is 4.19. The molecule has 1 aliphatic heterocycles. The van der Waals surface area contributed by atoms with E-state index in [1.54, 1.807) is 56.8 Å².